The summed E-state index contributed by atoms with van der Waals surface area (Å²) in [7, 11) is 1.32. The van der Waals surface area contributed by atoms with Crippen LogP contribution in [0.25, 0.3) is 0 Å². The molecule has 0 spiro atoms. The number of allylic oxidation sites excluding steroid dienone is 1. The number of fused-ring (bicyclic) bond motifs is 1. The molecule has 10 nitrogen and oxygen atoms in total. The van der Waals surface area contributed by atoms with Gasteiger partial charge in [-0.3, -0.25) is 15.0 Å². The Morgan fingerprint density at radius 2 is 2.17 bits per heavy atom. The van der Waals surface area contributed by atoms with E-state index in [0.717, 1.165) is 18.8 Å². The molecule has 2 aromatic rings. The summed E-state index contributed by atoms with van der Waals surface area (Å²) in [6, 6.07) is 5.74. The highest BCUT2D eigenvalue weighted by molar-refractivity contribution is 5.92. The molecule has 4 rings (SSSR count). The highest BCUT2D eigenvalue weighted by Crippen LogP contribution is 2.38. The number of rotatable bonds is 5. The predicted octanol–water partition coefficient (Wildman–Crippen LogP) is 2.09. The summed E-state index contributed by atoms with van der Waals surface area (Å²) in [6.45, 7) is 5.33. The first-order valence-corrected chi connectivity index (χ1v) is 9.66. The summed E-state index contributed by atoms with van der Waals surface area (Å²) in [5, 5.41) is 14.5. The summed E-state index contributed by atoms with van der Waals surface area (Å²) < 4.78 is 12.4. The number of nitro groups is 1. The molecule has 0 amide bonds. The van der Waals surface area contributed by atoms with Crippen LogP contribution in [0.3, 0.4) is 0 Å². The molecular formula is C20H23N5O5. The van der Waals surface area contributed by atoms with E-state index in [1.54, 1.807) is 25.3 Å². The van der Waals surface area contributed by atoms with Gasteiger partial charge in [0, 0.05) is 37.5 Å². The minimum absolute atomic E-state index is 0.0377. The van der Waals surface area contributed by atoms with Gasteiger partial charge in [-0.25, -0.2) is 9.78 Å². The van der Waals surface area contributed by atoms with Crippen molar-refractivity contribution in [2.24, 2.45) is 0 Å². The zero-order chi connectivity index (χ0) is 21.3. The normalized spacial score (nSPS) is 19.2. The van der Waals surface area contributed by atoms with Crippen LogP contribution >= 0.6 is 0 Å². The van der Waals surface area contributed by atoms with Crippen molar-refractivity contribution in [2.45, 2.75) is 19.5 Å². The molecule has 1 atom stereocenters. The fraction of sp³-hybridized carbons (Fsp3) is 0.400. The lowest BCUT2D eigenvalue weighted by Gasteiger charge is -2.32. The molecule has 2 aliphatic heterocycles. The molecule has 1 unspecified atom stereocenters. The largest absolute Gasteiger partial charge is 0.466 e. The van der Waals surface area contributed by atoms with Crippen LogP contribution in [0.1, 0.15) is 24.2 Å². The zero-order valence-corrected chi connectivity index (χ0v) is 16.8. The first-order valence-electron chi connectivity index (χ1n) is 9.66. The van der Waals surface area contributed by atoms with Crippen molar-refractivity contribution in [2.75, 3.05) is 38.7 Å². The lowest BCUT2D eigenvalue weighted by Crippen LogP contribution is -2.37. The van der Waals surface area contributed by atoms with Gasteiger partial charge in [0.1, 0.15) is 0 Å². The number of non-ortho nitro benzene ring substituents is 1. The molecule has 158 valence electrons. The maximum Gasteiger partial charge on any atom is 0.337 e. The highest BCUT2D eigenvalue weighted by atomic mass is 16.6. The van der Waals surface area contributed by atoms with Crippen LogP contribution in [-0.2, 0) is 20.8 Å². The van der Waals surface area contributed by atoms with Crippen molar-refractivity contribution in [1.29, 1.82) is 0 Å². The Morgan fingerprint density at radius 1 is 1.40 bits per heavy atom. The smallest absolute Gasteiger partial charge is 0.337 e. The number of ether oxygens (including phenoxy) is 2. The molecule has 0 bridgehead atoms. The molecule has 0 radical (unpaired) electrons. The number of imidazole rings is 1. The summed E-state index contributed by atoms with van der Waals surface area (Å²) >= 11 is 0. The molecule has 10 heteroatoms. The van der Waals surface area contributed by atoms with E-state index in [9.17, 15) is 14.9 Å². The number of hydrogen-bond acceptors (Lipinski definition) is 8. The van der Waals surface area contributed by atoms with E-state index in [-0.39, 0.29) is 5.69 Å². The topological polar surface area (TPSA) is 112 Å². The van der Waals surface area contributed by atoms with Crippen molar-refractivity contribution in [1.82, 2.24) is 14.5 Å². The molecule has 0 aliphatic carbocycles. The Bertz CT molecular complexity index is 1010. The SMILES string of the molecule is COC(=O)C1=C(C)Nc2ncc(CN3CCOCC3)n2C1c1cccc([N+](=O)[O-])c1. The first-order chi connectivity index (χ1) is 14.5. The lowest BCUT2D eigenvalue weighted by atomic mass is 9.94. The fourth-order valence-corrected chi connectivity index (χ4v) is 3.95. The Hall–Kier alpha value is -3.24. The van der Waals surface area contributed by atoms with Gasteiger partial charge in [-0.15, -0.1) is 0 Å². The van der Waals surface area contributed by atoms with Crippen LogP contribution in [0.15, 0.2) is 41.7 Å². The first kappa shape index (κ1) is 20.0. The maximum atomic E-state index is 12.7. The standard InChI is InChI=1S/C20H23N5O5/c1-13-17(19(26)29-2)18(14-4-3-5-15(10-14)25(27)28)24-16(11-21-20(24)22-13)12-23-6-8-30-9-7-23/h3-5,10-11,18H,6-9,12H2,1-2H3,(H,21,22). The van der Waals surface area contributed by atoms with Gasteiger partial charge in [0.25, 0.3) is 5.69 Å². The average Bonchev–Trinajstić information content (AvgIpc) is 3.15. The minimum Gasteiger partial charge on any atom is -0.466 e. The predicted molar refractivity (Wildman–Crippen MR) is 108 cm³/mol. The number of nitrogens with zero attached hydrogens (tertiary/aromatic N) is 4. The molecule has 1 fully saturated rings. The van der Waals surface area contributed by atoms with E-state index in [1.807, 2.05) is 4.57 Å². The zero-order valence-electron chi connectivity index (χ0n) is 16.8. The molecule has 1 saturated heterocycles. The highest BCUT2D eigenvalue weighted by Gasteiger charge is 2.35. The molecule has 30 heavy (non-hydrogen) atoms. The van der Waals surface area contributed by atoms with Gasteiger partial charge in [-0.1, -0.05) is 12.1 Å². The van der Waals surface area contributed by atoms with E-state index in [2.05, 4.69) is 15.2 Å². The van der Waals surface area contributed by atoms with Crippen LogP contribution in [-0.4, -0.2) is 58.8 Å². The van der Waals surface area contributed by atoms with Gasteiger partial charge in [-0.2, -0.15) is 0 Å². The van der Waals surface area contributed by atoms with E-state index in [1.165, 1.54) is 19.2 Å². The van der Waals surface area contributed by atoms with Crippen molar-refractivity contribution < 1.29 is 19.2 Å². The van der Waals surface area contributed by atoms with Crippen LogP contribution in [0.2, 0.25) is 0 Å². The monoisotopic (exact) mass is 413 g/mol. The molecular weight excluding hydrogens is 390 g/mol. The van der Waals surface area contributed by atoms with Crippen LogP contribution < -0.4 is 5.32 Å². The van der Waals surface area contributed by atoms with Gasteiger partial charge >= 0.3 is 5.97 Å². The molecule has 1 aromatic carbocycles. The van der Waals surface area contributed by atoms with Crippen LogP contribution in [0, 0.1) is 10.1 Å². The quantitative estimate of drug-likeness (QED) is 0.451. The third-order valence-electron chi connectivity index (χ3n) is 5.40. The van der Waals surface area contributed by atoms with Gasteiger partial charge in [-0.05, 0) is 12.5 Å². The molecule has 1 N–H and O–H groups in total. The Kier molecular flexibility index (Phi) is 5.51. The number of anilines is 1. The van der Waals surface area contributed by atoms with Crippen molar-refractivity contribution in [3.63, 3.8) is 0 Å². The van der Waals surface area contributed by atoms with Gasteiger partial charge in [0.2, 0.25) is 5.95 Å². The minimum atomic E-state index is -0.591. The lowest BCUT2D eigenvalue weighted by molar-refractivity contribution is -0.384. The number of nitro benzene ring substituents is 1. The van der Waals surface area contributed by atoms with E-state index in [0.29, 0.717) is 42.5 Å². The summed E-state index contributed by atoms with van der Waals surface area (Å²) in [6.07, 6.45) is 1.77. The molecule has 1 aromatic heterocycles. The molecule has 2 aliphatic rings. The van der Waals surface area contributed by atoms with Crippen molar-refractivity contribution in [3.05, 3.63) is 63.1 Å². The Labute approximate surface area is 173 Å². The van der Waals surface area contributed by atoms with Crippen LogP contribution in [0.5, 0.6) is 0 Å². The van der Waals surface area contributed by atoms with Gasteiger partial charge in [0.05, 0.1) is 48.8 Å². The third kappa shape index (κ3) is 3.66. The van der Waals surface area contributed by atoms with E-state index >= 15 is 0 Å². The Morgan fingerprint density at radius 3 is 2.87 bits per heavy atom. The van der Waals surface area contributed by atoms with Crippen LogP contribution in [0.4, 0.5) is 11.6 Å². The van der Waals surface area contributed by atoms with Crippen molar-refractivity contribution >= 4 is 17.6 Å². The number of hydrogen-bond donors (Lipinski definition) is 1. The Balaban J connectivity index is 1.82. The fourth-order valence-electron chi connectivity index (χ4n) is 3.95. The van der Waals surface area contributed by atoms with Gasteiger partial charge in [0.15, 0.2) is 0 Å². The number of carbonyl (C=O) groups is 1. The number of nitrogens with one attached hydrogen (secondary N) is 1. The number of benzene rings is 1. The molecule has 3 heterocycles. The molecule has 0 saturated carbocycles. The number of aromatic nitrogens is 2. The number of carbonyl (C=O) groups excluding carboxylic acids is 1. The number of esters is 1. The third-order valence-corrected chi connectivity index (χ3v) is 5.40. The van der Waals surface area contributed by atoms with Crippen molar-refractivity contribution in [3.8, 4) is 0 Å². The summed E-state index contributed by atoms with van der Waals surface area (Å²) in [5.74, 6) is 0.0908. The average molecular weight is 413 g/mol. The second kappa shape index (κ2) is 8.25. The number of morpholine rings is 1. The number of methoxy groups -OCH3 is 1. The summed E-state index contributed by atoms with van der Waals surface area (Å²) in [4.78, 5) is 30.4. The maximum absolute atomic E-state index is 12.7. The van der Waals surface area contributed by atoms with E-state index < -0.39 is 16.9 Å². The van der Waals surface area contributed by atoms with E-state index in [4.69, 9.17) is 9.47 Å². The second-order valence-electron chi connectivity index (χ2n) is 7.24. The summed E-state index contributed by atoms with van der Waals surface area (Å²) in [5.41, 5.74) is 2.48. The van der Waals surface area contributed by atoms with Gasteiger partial charge < -0.3 is 19.4 Å². The second-order valence-corrected chi connectivity index (χ2v) is 7.24.